The minimum absolute atomic E-state index is 0.812. The standard InChI is InChI=1S/C9H13N3S/c1-4-13-7-8(1)5-12-9-6-10-2-3-11-9/h2-3,6,8H,1,4-5,7H2,(H,11,12). The first-order valence-electron chi connectivity index (χ1n) is 4.53. The minimum atomic E-state index is 0.812. The van der Waals surface area contributed by atoms with Gasteiger partial charge in [-0.05, 0) is 23.8 Å². The molecule has 1 saturated heterocycles. The molecule has 0 amide bonds. The van der Waals surface area contributed by atoms with Gasteiger partial charge in [-0.2, -0.15) is 11.8 Å². The first-order chi connectivity index (χ1) is 6.45. The van der Waals surface area contributed by atoms with Crippen molar-refractivity contribution in [3.8, 4) is 0 Å². The molecule has 0 aliphatic carbocycles. The van der Waals surface area contributed by atoms with Crippen molar-refractivity contribution in [2.24, 2.45) is 5.92 Å². The van der Waals surface area contributed by atoms with Crippen molar-refractivity contribution in [2.45, 2.75) is 6.42 Å². The van der Waals surface area contributed by atoms with Crippen molar-refractivity contribution < 1.29 is 0 Å². The Bertz CT molecular complexity index is 246. The topological polar surface area (TPSA) is 37.8 Å². The lowest BCUT2D eigenvalue weighted by atomic mass is 10.1. The van der Waals surface area contributed by atoms with E-state index >= 15 is 0 Å². The maximum Gasteiger partial charge on any atom is 0.144 e. The van der Waals surface area contributed by atoms with E-state index in [4.69, 9.17) is 0 Å². The van der Waals surface area contributed by atoms with Crippen LogP contribution in [0.5, 0.6) is 0 Å². The monoisotopic (exact) mass is 195 g/mol. The number of nitrogens with zero attached hydrogens (tertiary/aromatic N) is 2. The lowest BCUT2D eigenvalue weighted by Crippen LogP contribution is -2.14. The van der Waals surface area contributed by atoms with Gasteiger partial charge in [-0.25, -0.2) is 4.98 Å². The van der Waals surface area contributed by atoms with E-state index in [1.807, 2.05) is 11.8 Å². The van der Waals surface area contributed by atoms with Gasteiger partial charge in [-0.15, -0.1) is 0 Å². The Morgan fingerprint density at radius 3 is 3.23 bits per heavy atom. The molecule has 0 saturated carbocycles. The van der Waals surface area contributed by atoms with Crippen LogP contribution in [0.2, 0.25) is 0 Å². The Morgan fingerprint density at radius 1 is 1.54 bits per heavy atom. The van der Waals surface area contributed by atoms with Crippen LogP contribution in [0.15, 0.2) is 18.6 Å². The van der Waals surface area contributed by atoms with Gasteiger partial charge in [-0.3, -0.25) is 4.98 Å². The van der Waals surface area contributed by atoms with Gasteiger partial charge in [0.2, 0.25) is 0 Å². The van der Waals surface area contributed by atoms with E-state index < -0.39 is 0 Å². The summed E-state index contributed by atoms with van der Waals surface area (Å²) in [5, 5.41) is 3.30. The molecule has 0 spiro atoms. The summed E-state index contributed by atoms with van der Waals surface area (Å²) in [4.78, 5) is 8.16. The fraction of sp³-hybridized carbons (Fsp3) is 0.556. The summed E-state index contributed by atoms with van der Waals surface area (Å²) in [6, 6.07) is 0. The zero-order valence-corrected chi connectivity index (χ0v) is 8.26. The molecule has 4 heteroatoms. The summed E-state index contributed by atoms with van der Waals surface area (Å²) in [5.74, 6) is 4.30. The molecular formula is C9H13N3S. The highest BCUT2D eigenvalue weighted by molar-refractivity contribution is 7.99. The fourth-order valence-corrected chi connectivity index (χ4v) is 2.67. The van der Waals surface area contributed by atoms with Crippen molar-refractivity contribution in [3.63, 3.8) is 0 Å². The predicted octanol–water partition coefficient (Wildman–Crippen LogP) is 1.64. The highest BCUT2D eigenvalue weighted by Gasteiger charge is 2.14. The van der Waals surface area contributed by atoms with Crippen LogP contribution in [-0.4, -0.2) is 28.0 Å². The van der Waals surface area contributed by atoms with Crippen molar-refractivity contribution in [1.82, 2.24) is 9.97 Å². The Balaban J connectivity index is 1.79. The summed E-state index contributed by atoms with van der Waals surface area (Å²) < 4.78 is 0. The van der Waals surface area contributed by atoms with Gasteiger partial charge in [0, 0.05) is 18.9 Å². The smallest absolute Gasteiger partial charge is 0.144 e. The third kappa shape index (κ3) is 2.59. The molecule has 2 heterocycles. The van der Waals surface area contributed by atoms with Gasteiger partial charge in [0.25, 0.3) is 0 Å². The van der Waals surface area contributed by atoms with E-state index in [-0.39, 0.29) is 0 Å². The molecule has 1 N–H and O–H groups in total. The molecule has 1 fully saturated rings. The molecule has 1 aliphatic heterocycles. The Labute approximate surface area is 82.4 Å². The lowest BCUT2D eigenvalue weighted by Gasteiger charge is -2.09. The van der Waals surface area contributed by atoms with Crippen LogP contribution in [0.25, 0.3) is 0 Å². The number of nitrogens with one attached hydrogen (secondary N) is 1. The largest absolute Gasteiger partial charge is 0.368 e. The van der Waals surface area contributed by atoms with Crippen LogP contribution in [0.4, 0.5) is 5.82 Å². The van der Waals surface area contributed by atoms with Crippen molar-refractivity contribution in [1.29, 1.82) is 0 Å². The molecule has 70 valence electrons. The highest BCUT2D eigenvalue weighted by atomic mass is 32.2. The van der Waals surface area contributed by atoms with Crippen molar-refractivity contribution in [3.05, 3.63) is 18.6 Å². The number of anilines is 1. The highest BCUT2D eigenvalue weighted by Crippen LogP contribution is 2.23. The Kier molecular flexibility index (Phi) is 3.02. The third-order valence-corrected chi connectivity index (χ3v) is 3.39. The second kappa shape index (κ2) is 4.46. The molecule has 3 nitrogen and oxygen atoms in total. The molecule has 1 aromatic heterocycles. The zero-order valence-electron chi connectivity index (χ0n) is 7.44. The Morgan fingerprint density at radius 2 is 2.54 bits per heavy atom. The molecule has 13 heavy (non-hydrogen) atoms. The van der Waals surface area contributed by atoms with Crippen LogP contribution < -0.4 is 5.32 Å². The summed E-state index contributed by atoms with van der Waals surface area (Å²) >= 11 is 2.04. The fourth-order valence-electron chi connectivity index (χ4n) is 1.38. The van der Waals surface area contributed by atoms with Gasteiger partial charge in [0.15, 0.2) is 0 Å². The number of thioether (sulfide) groups is 1. The molecule has 1 aliphatic rings. The molecule has 1 aromatic rings. The average Bonchev–Trinajstić information content (AvgIpc) is 2.69. The number of aromatic nitrogens is 2. The lowest BCUT2D eigenvalue weighted by molar-refractivity contribution is 0.630. The van der Waals surface area contributed by atoms with E-state index in [9.17, 15) is 0 Å². The summed E-state index contributed by atoms with van der Waals surface area (Å²) in [6.45, 7) is 1.03. The maximum absolute atomic E-state index is 4.16. The average molecular weight is 195 g/mol. The molecule has 1 atom stereocenters. The second-order valence-electron chi connectivity index (χ2n) is 3.20. The van der Waals surface area contributed by atoms with E-state index in [1.165, 1.54) is 17.9 Å². The van der Waals surface area contributed by atoms with Crippen molar-refractivity contribution >= 4 is 17.6 Å². The summed E-state index contributed by atoms with van der Waals surface area (Å²) in [6.07, 6.45) is 6.50. The van der Waals surface area contributed by atoms with Crippen LogP contribution in [0, 0.1) is 5.92 Å². The van der Waals surface area contributed by atoms with Gasteiger partial charge in [0.1, 0.15) is 5.82 Å². The predicted molar refractivity (Wildman–Crippen MR) is 56.0 cm³/mol. The quantitative estimate of drug-likeness (QED) is 0.795. The van der Waals surface area contributed by atoms with E-state index in [0.717, 1.165) is 18.3 Å². The van der Waals surface area contributed by atoms with Crippen LogP contribution in [-0.2, 0) is 0 Å². The van der Waals surface area contributed by atoms with Crippen molar-refractivity contribution in [2.75, 3.05) is 23.4 Å². The maximum atomic E-state index is 4.16. The van der Waals surface area contributed by atoms with Gasteiger partial charge in [-0.1, -0.05) is 0 Å². The van der Waals surface area contributed by atoms with Crippen LogP contribution >= 0.6 is 11.8 Å². The van der Waals surface area contributed by atoms with Gasteiger partial charge >= 0.3 is 0 Å². The molecule has 2 rings (SSSR count). The number of rotatable bonds is 3. The molecule has 1 unspecified atom stereocenters. The molecule has 0 bridgehead atoms. The van der Waals surface area contributed by atoms with E-state index in [2.05, 4.69) is 15.3 Å². The molecular weight excluding hydrogens is 182 g/mol. The summed E-state index contributed by atoms with van der Waals surface area (Å²) in [5.41, 5.74) is 0. The summed E-state index contributed by atoms with van der Waals surface area (Å²) in [7, 11) is 0. The zero-order chi connectivity index (χ0) is 8.93. The number of hydrogen-bond acceptors (Lipinski definition) is 4. The first-order valence-corrected chi connectivity index (χ1v) is 5.68. The molecule has 0 radical (unpaired) electrons. The second-order valence-corrected chi connectivity index (χ2v) is 4.35. The van der Waals surface area contributed by atoms with Crippen LogP contribution in [0.3, 0.4) is 0 Å². The van der Waals surface area contributed by atoms with E-state index in [1.54, 1.807) is 18.6 Å². The third-order valence-electron chi connectivity index (χ3n) is 2.16. The van der Waals surface area contributed by atoms with Gasteiger partial charge in [0.05, 0.1) is 6.20 Å². The minimum Gasteiger partial charge on any atom is -0.368 e. The van der Waals surface area contributed by atoms with Crippen LogP contribution in [0.1, 0.15) is 6.42 Å². The number of hydrogen-bond donors (Lipinski definition) is 1. The Hall–Kier alpha value is -0.770. The van der Waals surface area contributed by atoms with E-state index in [0.29, 0.717) is 0 Å². The van der Waals surface area contributed by atoms with Gasteiger partial charge < -0.3 is 5.32 Å². The molecule has 0 aromatic carbocycles. The SMILES string of the molecule is c1cnc(NCC2CCSC2)cn1. The normalized spacial score (nSPS) is 21.7. The first kappa shape index (κ1) is 8.81.